The number of carbonyl (C=O) groups is 1. The molecule has 3 nitrogen and oxygen atoms in total. The predicted octanol–water partition coefficient (Wildman–Crippen LogP) is 1.45. The van der Waals surface area contributed by atoms with Gasteiger partial charge in [0, 0.05) is 5.92 Å². The minimum atomic E-state index is 0.0501. The smallest absolute Gasteiger partial charge is 0.315 e. The zero-order valence-corrected chi connectivity index (χ0v) is 13.1. The Morgan fingerprint density at radius 3 is 2.90 bits per heavy atom. The number of fused-ring (bicyclic) bond motifs is 2. The van der Waals surface area contributed by atoms with E-state index >= 15 is 0 Å². The van der Waals surface area contributed by atoms with Crippen LogP contribution in [0.4, 0.5) is 0 Å². The molecule has 1 N–H and O–H groups in total. The van der Waals surface area contributed by atoms with Crippen LogP contribution in [0.3, 0.4) is 0 Å². The molecule has 0 aromatic heterocycles. The molecule has 3 aliphatic rings. The summed E-state index contributed by atoms with van der Waals surface area (Å²) in [4.78, 5) is 13.5. The second-order valence-corrected chi connectivity index (χ2v) is 7.82. The van der Waals surface area contributed by atoms with Crippen molar-refractivity contribution in [2.75, 3.05) is 20.6 Å². The van der Waals surface area contributed by atoms with E-state index in [2.05, 4.69) is 27.6 Å². The molecule has 20 heavy (non-hydrogen) atoms. The van der Waals surface area contributed by atoms with E-state index in [-0.39, 0.29) is 18.0 Å². The average Bonchev–Trinajstić information content (AvgIpc) is 2.62. The van der Waals surface area contributed by atoms with E-state index in [9.17, 15) is 4.79 Å². The third-order valence-electron chi connectivity index (χ3n) is 5.95. The van der Waals surface area contributed by atoms with Crippen molar-refractivity contribution < 1.29 is 14.4 Å². The van der Waals surface area contributed by atoms with Crippen molar-refractivity contribution in [3.05, 3.63) is 12.2 Å². The molecular weight excluding hydrogens is 250 g/mol. The van der Waals surface area contributed by atoms with Crippen LogP contribution in [0.5, 0.6) is 0 Å². The van der Waals surface area contributed by atoms with Gasteiger partial charge in [-0.1, -0.05) is 19.1 Å². The highest BCUT2D eigenvalue weighted by Crippen LogP contribution is 2.56. The van der Waals surface area contributed by atoms with Crippen LogP contribution < -0.4 is 4.90 Å². The van der Waals surface area contributed by atoms with Gasteiger partial charge in [0.1, 0.15) is 12.0 Å². The van der Waals surface area contributed by atoms with Crippen LogP contribution in [0.1, 0.15) is 39.0 Å². The van der Waals surface area contributed by atoms with Crippen LogP contribution in [-0.4, -0.2) is 32.7 Å². The van der Waals surface area contributed by atoms with Gasteiger partial charge < -0.3 is 9.64 Å². The molecule has 0 spiro atoms. The predicted molar refractivity (Wildman–Crippen MR) is 78.4 cm³/mol. The first-order valence-electron chi connectivity index (χ1n) is 8.08. The van der Waals surface area contributed by atoms with Crippen LogP contribution in [0.25, 0.3) is 0 Å². The highest BCUT2D eigenvalue weighted by molar-refractivity contribution is 5.75. The molecule has 5 atom stereocenters. The number of esters is 1. The molecular formula is C17H28NO2+. The van der Waals surface area contributed by atoms with Crippen LogP contribution in [0.2, 0.25) is 0 Å². The number of rotatable bonds is 2. The van der Waals surface area contributed by atoms with Gasteiger partial charge in [0.05, 0.1) is 20.6 Å². The maximum Gasteiger partial charge on any atom is 0.315 e. The first-order chi connectivity index (χ1) is 9.40. The Morgan fingerprint density at radius 1 is 1.45 bits per heavy atom. The Kier molecular flexibility index (Phi) is 3.44. The molecule has 112 valence electrons. The lowest BCUT2D eigenvalue weighted by Crippen LogP contribution is -3.06. The maximum absolute atomic E-state index is 12.2. The Balaban J connectivity index is 1.82. The average molecular weight is 278 g/mol. The number of carbonyl (C=O) groups excluding carboxylic acids is 1. The van der Waals surface area contributed by atoms with Gasteiger partial charge >= 0.3 is 5.97 Å². The van der Waals surface area contributed by atoms with E-state index in [1.165, 1.54) is 29.7 Å². The van der Waals surface area contributed by atoms with E-state index in [0.717, 1.165) is 19.4 Å². The molecule has 2 aliphatic carbocycles. The van der Waals surface area contributed by atoms with E-state index in [1.807, 2.05) is 0 Å². The number of allylic oxidation sites excluding steroid dienone is 1. The number of nitrogens with one attached hydrogen (secondary N) is 1. The van der Waals surface area contributed by atoms with Gasteiger partial charge in [-0.2, -0.15) is 0 Å². The summed E-state index contributed by atoms with van der Waals surface area (Å²) in [6.45, 7) is 7.62. The highest BCUT2D eigenvalue weighted by atomic mass is 16.6. The van der Waals surface area contributed by atoms with Gasteiger partial charge in [-0.25, -0.2) is 0 Å². The van der Waals surface area contributed by atoms with E-state index in [4.69, 9.17) is 4.74 Å². The van der Waals surface area contributed by atoms with Crippen LogP contribution in [0, 0.1) is 23.2 Å². The van der Waals surface area contributed by atoms with Gasteiger partial charge in [-0.15, -0.1) is 0 Å². The fraction of sp³-hybridized carbons (Fsp3) is 0.824. The molecule has 1 saturated heterocycles. The number of ether oxygens (including phenoxy) is 1. The minimum Gasteiger partial charge on any atom is -0.462 e. The highest BCUT2D eigenvalue weighted by Gasteiger charge is 2.55. The minimum absolute atomic E-state index is 0.0501. The summed E-state index contributed by atoms with van der Waals surface area (Å²) in [5.41, 5.74) is 1.74. The van der Waals surface area contributed by atoms with Crippen molar-refractivity contribution >= 4 is 5.97 Å². The van der Waals surface area contributed by atoms with Gasteiger partial charge in [0.25, 0.3) is 0 Å². The van der Waals surface area contributed by atoms with Crippen LogP contribution in [-0.2, 0) is 9.53 Å². The molecule has 2 saturated carbocycles. The first kappa shape index (κ1) is 14.1. The van der Waals surface area contributed by atoms with Gasteiger partial charge in [0.2, 0.25) is 0 Å². The Hall–Kier alpha value is -0.830. The zero-order chi connectivity index (χ0) is 14.5. The number of hydrogen-bond donors (Lipinski definition) is 1. The number of hydrogen-bond acceptors (Lipinski definition) is 2. The normalized spacial score (nSPS) is 44.2. The summed E-state index contributed by atoms with van der Waals surface area (Å²) in [7, 11) is 4.24. The second-order valence-electron chi connectivity index (χ2n) is 7.82. The monoisotopic (exact) mass is 278 g/mol. The first-order valence-corrected chi connectivity index (χ1v) is 8.08. The van der Waals surface area contributed by atoms with Crippen molar-refractivity contribution in [2.45, 2.75) is 45.1 Å². The van der Waals surface area contributed by atoms with Crippen LogP contribution in [0.15, 0.2) is 12.2 Å². The summed E-state index contributed by atoms with van der Waals surface area (Å²) in [5.74, 6) is 1.18. The SMILES string of the molecule is C=C1CCC[C@]2(C)C[C@H]3OC(=O)[C@H](C[NH+](C)C)[C@@H]3C[C@@H]12. The topological polar surface area (TPSA) is 30.7 Å². The molecule has 3 fully saturated rings. The Morgan fingerprint density at radius 2 is 2.20 bits per heavy atom. The summed E-state index contributed by atoms with van der Waals surface area (Å²) < 4.78 is 5.75. The lowest BCUT2D eigenvalue weighted by atomic mass is 9.55. The molecule has 1 aliphatic heterocycles. The summed E-state index contributed by atoms with van der Waals surface area (Å²) >= 11 is 0. The lowest BCUT2D eigenvalue weighted by Gasteiger charge is -2.49. The number of quaternary nitrogens is 1. The molecule has 0 radical (unpaired) electrons. The van der Waals surface area contributed by atoms with E-state index < -0.39 is 0 Å². The van der Waals surface area contributed by atoms with Crippen LogP contribution >= 0.6 is 0 Å². The van der Waals surface area contributed by atoms with Crippen molar-refractivity contribution in [2.24, 2.45) is 23.2 Å². The molecule has 0 aromatic rings. The molecule has 3 rings (SSSR count). The van der Waals surface area contributed by atoms with Crippen molar-refractivity contribution in [3.8, 4) is 0 Å². The summed E-state index contributed by atoms with van der Waals surface area (Å²) in [6, 6.07) is 0. The van der Waals surface area contributed by atoms with Gasteiger partial charge in [-0.05, 0) is 43.4 Å². The third-order valence-corrected chi connectivity index (χ3v) is 5.95. The molecule has 3 heteroatoms. The maximum atomic E-state index is 12.2. The van der Waals surface area contributed by atoms with Gasteiger partial charge in [-0.3, -0.25) is 4.79 Å². The molecule has 1 heterocycles. The standard InChI is InChI=1S/C17H27NO2/c1-11-6-5-7-17(2)9-15-12(8-14(11)17)13(10-18(3)4)16(19)20-15/h12-15H,1,5-10H2,2-4H3/p+1/t12-,13+,14-,15+,17+/m0/s1. The largest absolute Gasteiger partial charge is 0.462 e. The molecule has 0 amide bonds. The molecule has 0 aromatic carbocycles. The second kappa shape index (κ2) is 4.87. The quantitative estimate of drug-likeness (QED) is 0.612. The third kappa shape index (κ3) is 2.20. The van der Waals surface area contributed by atoms with E-state index in [1.54, 1.807) is 0 Å². The zero-order valence-electron chi connectivity index (χ0n) is 13.1. The molecule has 0 bridgehead atoms. The molecule has 0 unspecified atom stereocenters. The van der Waals surface area contributed by atoms with E-state index in [0.29, 0.717) is 17.3 Å². The fourth-order valence-corrected chi connectivity index (χ4v) is 4.93. The Bertz CT molecular complexity index is 431. The summed E-state index contributed by atoms with van der Waals surface area (Å²) in [5, 5.41) is 0. The summed E-state index contributed by atoms with van der Waals surface area (Å²) in [6.07, 6.45) is 6.02. The van der Waals surface area contributed by atoms with Gasteiger partial charge in [0.15, 0.2) is 0 Å². The van der Waals surface area contributed by atoms with Crippen molar-refractivity contribution in [1.29, 1.82) is 0 Å². The van der Waals surface area contributed by atoms with Crippen molar-refractivity contribution in [3.63, 3.8) is 0 Å². The van der Waals surface area contributed by atoms with Crippen molar-refractivity contribution in [1.82, 2.24) is 0 Å². The fourth-order valence-electron chi connectivity index (χ4n) is 4.93. The Labute approximate surface area is 122 Å². The lowest BCUT2D eigenvalue weighted by molar-refractivity contribution is -0.861.